The lowest BCUT2D eigenvalue weighted by molar-refractivity contribution is 0.102. The Morgan fingerprint density at radius 2 is 1.94 bits per heavy atom. The van der Waals surface area contributed by atoms with Gasteiger partial charge in [0.1, 0.15) is 5.82 Å². The van der Waals surface area contributed by atoms with Gasteiger partial charge in [-0.15, -0.1) is 0 Å². The SMILES string of the molecule is O=C(Nc1ccc(N2C[C@@H]3C[C@H](C2)c2cccc(=O)n2C3)nc1)c1ccc2c(c1)OCO2. The predicted molar refractivity (Wildman–Crippen MR) is 119 cm³/mol. The van der Waals surface area contributed by atoms with Gasteiger partial charge < -0.3 is 24.3 Å². The third-order valence-electron chi connectivity index (χ3n) is 6.44. The van der Waals surface area contributed by atoms with Crippen molar-refractivity contribution in [3.8, 4) is 11.5 Å². The molecular weight excluding hydrogens is 408 g/mol. The van der Waals surface area contributed by atoms with Gasteiger partial charge in [0.05, 0.1) is 11.9 Å². The fourth-order valence-electron chi connectivity index (χ4n) is 4.97. The topological polar surface area (TPSA) is 85.7 Å². The van der Waals surface area contributed by atoms with E-state index in [4.69, 9.17) is 9.47 Å². The maximum absolute atomic E-state index is 12.6. The monoisotopic (exact) mass is 430 g/mol. The Kier molecular flexibility index (Phi) is 4.38. The van der Waals surface area contributed by atoms with Crippen molar-refractivity contribution in [2.45, 2.75) is 18.9 Å². The third-order valence-corrected chi connectivity index (χ3v) is 6.44. The maximum atomic E-state index is 12.6. The van der Waals surface area contributed by atoms with Crippen molar-refractivity contribution in [2.24, 2.45) is 5.92 Å². The molecule has 32 heavy (non-hydrogen) atoms. The molecule has 5 heterocycles. The van der Waals surface area contributed by atoms with E-state index in [0.29, 0.717) is 34.6 Å². The van der Waals surface area contributed by atoms with Crippen LogP contribution in [0, 0.1) is 5.92 Å². The molecule has 3 aliphatic rings. The number of benzene rings is 1. The summed E-state index contributed by atoms with van der Waals surface area (Å²) in [7, 11) is 0. The van der Waals surface area contributed by atoms with Crippen molar-refractivity contribution in [1.82, 2.24) is 9.55 Å². The summed E-state index contributed by atoms with van der Waals surface area (Å²) in [6.07, 6.45) is 2.78. The Bertz CT molecular complexity index is 1250. The molecule has 162 valence electrons. The molecule has 6 rings (SSSR count). The zero-order chi connectivity index (χ0) is 21.7. The van der Waals surface area contributed by atoms with Crippen molar-refractivity contribution < 1.29 is 14.3 Å². The molecule has 3 aromatic rings. The lowest BCUT2D eigenvalue weighted by Gasteiger charge is -2.43. The predicted octanol–water partition coefficient (Wildman–Crippen LogP) is 2.85. The number of hydrogen-bond donors (Lipinski definition) is 1. The molecule has 0 aliphatic carbocycles. The fraction of sp³-hybridized carbons (Fsp3) is 0.292. The number of ether oxygens (including phenoxy) is 2. The van der Waals surface area contributed by atoms with Crippen molar-refractivity contribution in [1.29, 1.82) is 0 Å². The quantitative estimate of drug-likeness (QED) is 0.688. The minimum atomic E-state index is -0.229. The Labute approximate surface area is 184 Å². The van der Waals surface area contributed by atoms with Crippen LogP contribution in [0.4, 0.5) is 11.5 Å². The number of nitrogens with zero attached hydrogens (tertiary/aromatic N) is 3. The highest BCUT2D eigenvalue weighted by Gasteiger charge is 2.34. The standard InChI is InChI=1S/C24H22N4O4/c29-23-3-1-2-19-17-8-15(12-28(19)23)11-27(13-17)22-7-5-18(10-25-22)26-24(30)16-4-6-20-21(9-16)32-14-31-20/h1-7,9-10,15,17H,8,11-14H2,(H,26,30)/t15-,17+/m0/s1. The molecule has 1 aromatic carbocycles. The van der Waals surface area contributed by atoms with E-state index >= 15 is 0 Å². The second kappa shape index (κ2) is 7.40. The van der Waals surface area contributed by atoms with E-state index in [1.165, 1.54) is 0 Å². The Balaban J connectivity index is 1.16. The molecule has 1 fully saturated rings. The minimum absolute atomic E-state index is 0.0892. The number of rotatable bonds is 3. The molecule has 1 N–H and O–H groups in total. The Hall–Kier alpha value is -3.81. The van der Waals surface area contributed by atoms with Gasteiger partial charge in [-0.3, -0.25) is 9.59 Å². The van der Waals surface area contributed by atoms with Crippen molar-refractivity contribution in [3.63, 3.8) is 0 Å². The first-order chi connectivity index (χ1) is 15.6. The van der Waals surface area contributed by atoms with Gasteiger partial charge >= 0.3 is 0 Å². The molecular formula is C24H22N4O4. The molecule has 0 radical (unpaired) electrons. The van der Waals surface area contributed by atoms with E-state index < -0.39 is 0 Å². The number of carbonyl (C=O) groups is 1. The van der Waals surface area contributed by atoms with Crippen molar-refractivity contribution in [3.05, 3.63) is 76.3 Å². The van der Waals surface area contributed by atoms with Crippen LogP contribution in [0.3, 0.4) is 0 Å². The van der Waals surface area contributed by atoms with Crippen LogP contribution in [-0.2, 0) is 6.54 Å². The summed E-state index contributed by atoms with van der Waals surface area (Å²) in [5, 5.41) is 2.88. The van der Waals surface area contributed by atoms with E-state index in [9.17, 15) is 9.59 Å². The maximum Gasteiger partial charge on any atom is 0.255 e. The number of pyridine rings is 2. The molecule has 1 amide bonds. The average Bonchev–Trinajstić information content (AvgIpc) is 3.28. The first-order valence-corrected chi connectivity index (χ1v) is 10.8. The largest absolute Gasteiger partial charge is 0.454 e. The first kappa shape index (κ1) is 18.9. The van der Waals surface area contributed by atoms with Crippen LogP contribution in [0.1, 0.15) is 28.4 Å². The van der Waals surface area contributed by atoms with Gasteiger partial charge in [0.25, 0.3) is 11.5 Å². The van der Waals surface area contributed by atoms with Crippen molar-refractivity contribution in [2.75, 3.05) is 30.1 Å². The number of anilines is 2. The summed E-state index contributed by atoms with van der Waals surface area (Å²) in [4.78, 5) is 31.7. The van der Waals surface area contributed by atoms with Crippen LogP contribution < -0.4 is 25.2 Å². The summed E-state index contributed by atoms with van der Waals surface area (Å²) in [5.74, 6) is 2.62. The van der Waals surface area contributed by atoms with E-state index in [2.05, 4.69) is 21.3 Å². The Morgan fingerprint density at radius 3 is 2.81 bits per heavy atom. The molecule has 2 atom stereocenters. The molecule has 1 saturated heterocycles. The minimum Gasteiger partial charge on any atom is -0.454 e. The molecule has 8 heteroatoms. The van der Waals surface area contributed by atoms with E-state index in [0.717, 1.165) is 37.6 Å². The summed E-state index contributed by atoms with van der Waals surface area (Å²) in [6, 6.07) is 14.5. The van der Waals surface area contributed by atoms with Crippen LogP contribution in [0.2, 0.25) is 0 Å². The zero-order valence-corrected chi connectivity index (χ0v) is 17.4. The summed E-state index contributed by atoms with van der Waals surface area (Å²) in [6.45, 7) is 2.63. The zero-order valence-electron chi connectivity index (χ0n) is 17.4. The van der Waals surface area contributed by atoms with Crippen LogP contribution in [0.25, 0.3) is 0 Å². The molecule has 0 saturated carbocycles. The number of nitrogens with one attached hydrogen (secondary N) is 1. The van der Waals surface area contributed by atoms with Gasteiger partial charge in [0.15, 0.2) is 11.5 Å². The van der Waals surface area contributed by atoms with Gasteiger partial charge in [0, 0.05) is 42.9 Å². The van der Waals surface area contributed by atoms with Gasteiger partial charge in [-0.1, -0.05) is 6.07 Å². The molecule has 2 bridgehead atoms. The van der Waals surface area contributed by atoms with Crippen LogP contribution >= 0.6 is 0 Å². The Morgan fingerprint density at radius 1 is 1.03 bits per heavy atom. The number of piperidine rings is 1. The lowest BCUT2D eigenvalue weighted by atomic mass is 9.83. The first-order valence-electron chi connectivity index (χ1n) is 10.8. The number of amides is 1. The molecule has 3 aliphatic heterocycles. The van der Waals surface area contributed by atoms with Crippen LogP contribution in [0.15, 0.2) is 59.5 Å². The molecule has 8 nitrogen and oxygen atoms in total. The number of aromatic nitrogens is 2. The average molecular weight is 430 g/mol. The fourth-order valence-corrected chi connectivity index (χ4v) is 4.97. The summed E-state index contributed by atoms with van der Waals surface area (Å²) >= 11 is 0. The highest BCUT2D eigenvalue weighted by atomic mass is 16.7. The van der Waals surface area contributed by atoms with Crippen LogP contribution in [0.5, 0.6) is 11.5 Å². The van der Waals surface area contributed by atoms with Gasteiger partial charge in [0.2, 0.25) is 6.79 Å². The normalized spacial score (nSPS) is 20.6. The second-order valence-corrected chi connectivity index (χ2v) is 8.53. The van der Waals surface area contributed by atoms with E-state index in [1.54, 1.807) is 30.5 Å². The van der Waals surface area contributed by atoms with Gasteiger partial charge in [-0.2, -0.15) is 0 Å². The van der Waals surface area contributed by atoms with Crippen molar-refractivity contribution >= 4 is 17.4 Å². The number of carbonyl (C=O) groups excluding carboxylic acids is 1. The van der Waals surface area contributed by atoms with Crippen LogP contribution in [-0.4, -0.2) is 35.3 Å². The third kappa shape index (κ3) is 3.28. The molecule has 0 spiro atoms. The summed E-state index contributed by atoms with van der Waals surface area (Å²) < 4.78 is 12.6. The molecule has 0 unspecified atom stereocenters. The second-order valence-electron chi connectivity index (χ2n) is 8.53. The lowest BCUT2D eigenvalue weighted by Crippen LogP contribution is -2.47. The van der Waals surface area contributed by atoms with Gasteiger partial charge in [-0.05, 0) is 48.7 Å². The van der Waals surface area contributed by atoms with Gasteiger partial charge in [-0.25, -0.2) is 4.98 Å². The number of fused-ring (bicyclic) bond motifs is 5. The van der Waals surface area contributed by atoms with E-state index in [1.807, 2.05) is 22.8 Å². The van der Waals surface area contributed by atoms with E-state index in [-0.39, 0.29) is 18.3 Å². The molecule has 2 aromatic heterocycles. The summed E-state index contributed by atoms with van der Waals surface area (Å²) in [5.41, 5.74) is 2.33. The highest BCUT2D eigenvalue weighted by molar-refractivity contribution is 6.04. The highest BCUT2D eigenvalue weighted by Crippen LogP contribution is 2.36. The number of hydrogen-bond acceptors (Lipinski definition) is 6. The smallest absolute Gasteiger partial charge is 0.255 e.